The second-order valence-electron chi connectivity index (χ2n) is 9.08. The van der Waals surface area contributed by atoms with E-state index in [2.05, 4.69) is 44.2 Å². The first-order valence-electron chi connectivity index (χ1n) is 11.0. The van der Waals surface area contributed by atoms with Crippen LogP contribution in [0.4, 0.5) is 0 Å². The average molecular weight is 351 g/mol. The molecule has 3 aliphatic carbocycles. The molecule has 1 aromatic rings. The van der Waals surface area contributed by atoms with Crippen molar-refractivity contribution in [1.29, 1.82) is 0 Å². The molecule has 0 aromatic heterocycles. The number of fused-ring (bicyclic) bond motifs is 1. The van der Waals surface area contributed by atoms with E-state index in [0.717, 1.165) is 18.8 Å². The summed E-state index contributed by atoms with van der Waals surface area (Å²) in [4.78, 5) is 13.0. The van der Waals surface area contributed by atoms with Crippen LogP contribution in [0.25, 0.3) is 0 Å². The predicted octanol–water partition coefficient (Wildman–Crippen LogP) is 6.75. The van der Waals surface area contributed by atoms with Crippen LogP contribution in [0, 0.1) is 24.2 Å². The lowest BCUT2D eigenvalue weighted by atomic mass is 9.58. The van der Waals surface area contributed by atoms with Gasteiger partial charge in [0.25, 0.3) is 0 Å². The van der Waals surface area contributed by atoms with Gasteiger partial charge in [-0.3, -0.25) is 4.79 Å². The highest BCUT2D eigenvalue weighted by molar-refractivity contribution is 5.97. The number of aryl methyl sites for hydroxylation is 1. The number of hydrogen-bond acceptors (Lipinski definition) is 1. The van der Waals surface area contributed by atoms with Crippen molar-refractivity contribution in [2.75, 3.05) is 0 Å². The SMILES string of the molecule is CCCC(=O)C1=CC(c2ccc(C)cc2)C2(C3CCCCC3)CCCC12. The lowest BCUT2D eigenvalue weighted by Gasteiger charge is -2.46. The van der Waals surface area contributed by atoms with E-state index in [1.54, 1.807) is 0 Å². The number of rotatable bonds is 5. The Kier molecular flexibility index (Phi) is 5.08. The minimum atomic E-state index is 0.328. The normalized spacial score (nSPS) is 31.7. The molecule has 1 heteroatoms. The summed E-state index contributed by atoms with van der Waals surface area (Å²) in [5.41, 5.74) is 4.31. The zero-order chi connectivity index (χ0) is 18.1. The number of allylic oxidation sites excluding steroid dienone is 2. The van der Waals surface area contributed by atoms with Gasteiger partial charge in [0.2, 0.25) is 0 Å². The summed E-state index contributed by atoms with van der Waals surface area (Å²) >= 11 is 0. The van der Waals surface area contributed by atoms with Crippen LogP contribution in [0.3, 0.4) is 0 Å². The van der Waals surface area contributed by atoms with Gasteiger partial charge in [-0.25, -0.2) is 0 Å². The zero-order valence-electron chi connectivity index (χ0n) is 16.6. The van der Waals surface area contributed by atoms with E-state index in [0.29, 0.717) is 23.0 Å². The maximum Gasteiger partial charge on any atom is 0.158 e. The van der Waals surface area contributed by atoms with E-state index in [1.165, 1.54) is 68.1 Å². The van der Waals surface area contributed by atoms with E-state index in [4.69, 9.17) is 0 Å². The fourth-order valence-corrected chi connectivity index (χ4v) is 6.55. The molecule has 1 aromatic carbocycles. The van der Waals surface area contributed by atoms with Crippen molar-refractivity contribution in [2.45, 2.75) is 84.0 Å². The van der Waals surface area contributed by atoms with E-state index >= 15 is 0 Å². The Hall–Kier alpha value is -1.37. The number of ketones is 1. The smallest absolute Gasteiger partial charge is 0.158 e. The van der Waals surface area contributed by atoms with Gasteiger partial charge in [0, 0.05) is 12.3 Å². The fraction of sp³-hybridized carbons (Fsp3) is 0.640. The Balaban J connectivity index is 1.77. The maximum atomic E-state index is 13.0. The summed E-state index contributed by atoms with van der Waals surface area (Å²) in [7, 11) is 0. The molecule has 0 bridgehead atoms. The highest BCUT2D eigenvalue weighted by atomic mass is 16.1. The number of carbonyl (C=O) groups excluding carboxylic acids is 1. The quantitative estimate of drug-likeness (QED) is 0.573. The molecule has 26 heavy (non-hydrogen) atoms. The third kappa shape index (κ3) is 2.88. The van der Waals surface area contributed by atoms with Gasteiger partial charge in [0.15, 0.2) is 5.78 Å². The van der Waals surface area contributed by atoms with Crippen molar-refractivity contribution in [3.05, 3.63) is 47.0 Å². The molecule has 140 valence electrons. The van der Waals surface area contributed by atoms with Crippen molar-refractivity contribution in [2.24, 2.45) is 17.3 Å². The van der Waals surface area contributed by atoms with Crippen LogP contribution in [-0.4, -0.2) is 5.78 Å². The van der Waals surface area contributed by atoms with Crippen LogP contribution in [0.2, 0.25) is 0 Å². The first kappa shape index (κ1) is 18.0. The monoisotopic (exact) mass is 350 g/mol. The van der Waals surface area contributed by atoms with Gasteiger partial charge in [0.05, 0.1) is 0 Å². The first-order chi connectivity index (χ1) is 12.7. The van der Waals surface area contributed by atoms with Gasteiger partial charge < -0.3 is 0 Å². The van der Waals surface area contributed by atoms with Crippen molar-refractivity contribution >= 4 is 5.78 Å². The lowest BCUT2D eigenvalue weighted by Crippen LogP contribution is -2.38. The highest BCUT2D eigenvalue weighted by Gasteiger charge is 2.57. The Bertz CT molecular complexity index is 677. The van der Waals surface area contributed by atoms with Crippen LogP contribution in [-0.2, 0) is 4.79 Å². The third-order valence-corrected chi connectivity index (χ3v) is 7.65. The van der Waals surface area contributed by atoms with Crippen LogP contribution in [0.5, 0.6) is 0 Å². The number of carbonyl (C=O) groups is 1. The molecule has 4 rings (SSSR count). The Morgan fingerprint density at radius 1 is 1.04 bits per heavy atom. The first-order valence-corrected chi connectivity index (χ1v) is 11.0. The molecule has 0 amide bonds. The molecular formula is C25H34O. The number of hydrogen-bond donors (Lipinski definition) is 0. The Morgan fingerprint density at radius 3 is 2.46 bits per heavy atom. The number of Topliss-reactive ketones (excluding diaryl/α,β-unsaturated/α-hetero) is 1. The van der Waals surface area contributed by atoms with Gasteiger partial charge in [-0.2, -0.15) is 0 Å². The van der Waals surface area contributed by atoms with Crippen LogP contribution in [0.15, 0.2) is 35.9 Å². The minimum Gasteiger partial charge on any atom is -0.295 e. The van der Waals surface area contributed by atoms with Gasteiger partial charge in [-0.05, 0) is 67.4 Å². The largest absolute Gasteiger partial charge is 0.295 e. The van der Waals surface area contributed by atoms with Gasteiger partial charge in [0.1, 0.15) is 0 Å². The van der Waals surface area contributed by atoms with E-state index in [-0.39, 0.29) is 0 Å². The molecule has 3 atom stereocenters. The molecular weight excluding hydrogens is 316 g/mol. The maximum absolute atomic E-state index is 13.0. The third-order valence-electron chi connectivity index (χ3n) is 7.65. The van der Waals surface area contributed by atoms with E-state index < -0.39 is 0 Å². The standard InChI is InChI=1S/C25H34O/c1-3-8-24(26)21-17-23(19-14-12-18(2)13-15-19)25(16-7-11-22(21)25)20-9-5-4-6-10-20/h12-15,17,20,22-23H,3-11,16H2,1-2H3. The fourth-order valence-electron chi connectivity index (χ4n) is 6.55. The average Bonchev–Trinajstić information content (AvgIpc) is 3.22. The van der Waals surface area contributed by atoms with Gasteiger partial charge in [-0.1, -0.05) is 68.5 Å². The van der Waals surface area contributed by atoms with Gasteiger partial charge in [-0.15, -0.1) is 0 Å². The molecule has 1 nitrogen and oxygen atoms in total. The molecule has 3 aliphatic rings. The van der Waals surface area contributed by atoms with Crippen molar-refractivity contribution in [1.82, 2.24) is 0 Å². The summed E-state index contributed by atoms with van der Waals surface area (Å²) in [5.74, 6) is 2.22. The minimum absolute atomic E-state index is 0.328. The van der Waals surface area contributed by atoms with Crippen LogP contribution in [0.1, 0.15) is 88.2 Å². The topological polar surface area (TPSA) is 17.1 Å². The number of benzene rings is 1. The second kappa shape index (κ2) is 7.33. The molecule has 2 saturated carbocycles. The molecule has 0 aliphatic heterocycles. The summed E-state index contributed by atoms with van der Waals surface area (Å²) in [6, 6.07) is 9.19. The molecule has 0 spiro atoms. The Labute approximate surface area is 159 Å². The van der Waals surface area contributed by atoms with E-state index in [1.807, 2.05) is 0 Å². The molecule has 0 radical (unpaired) electrons. The second-order valence-corrected chi connectivity index (χ2v) is 9.08. The van der Waals surface area contributed by atoms with Crippen molar-refractivity contribution in [3.63, 3.8) is 0 Å². The van der Waals surface area contributed by atoms with Crippen molar-refractivity contribution in [3.8, 4) is 0 Å². The summed E-state index contributed by atoms with van der Waals surface area (Å²) < 4.78 is 0. The molecule has 0 heterocycles. The van der Waals surface area contributed by atoms with Crippen molar-refractivity contribution < 1.29 is 4.79 Å². The summed E-state index contributed by atoms with van der Waals surface area (Å²) in [6.07, 6.45) is 14.9. The van der Waals surface area contributed by atoms with Gasteiger partial charge >= 0.3 is 0 Å². The highest BCUT2D eigenvalue weighted by Crippen LogP contribution is 2.66. The molecule has 0 N–H and O–H groups in total. The Morgan fingerprint density at radius 2 is 1.77 bits per heavy atom. The molecule has 2 fully saturated rings. The lowest BCUT2D eigenvalue weighted by molar-refractivity contribution is -0.116. The summed E-state index contributed by atoms with van der Waals surface area (Å²) in [5, 5.41) is 0. The van der Waals surface area contributed by atoms with E-state index in [9.17, 15) is 4.79 Å². The molecule has 3 unspecified atom stereocenters. The summed E-state index contributed by atoms with van der Waals surface area (Å²) in [6.45, 7) is 4.30. The predicted molar refractivity (Wildman–Crippen MR) is 108 cm³/mol. The zero-order valence-corrected chi connectivity index (χ0v) is 16.6. The van der Waals surface area contributed by atoms with Crippen LogP contribution < -0.4 is 0 Å². The molecule has 0 saturated heterocycles. The van der Waals surface area contributed by atoms with Crippen LogP contribution >= 0.6 is 0 Å².